The summed E-state index contributed by atoms with van der Waals surface area (Å²) in [6, 6.07) is 16.0. The van der Waals surface area contributed by atoms with Gasteiger partial charge >= 0.3 is 0 Å². The first-order chi connectivity index (χ1) is 10.3. The van der Waals surface area contributed by atoms with Crippen molar-refractivity contribution in [1.82, 2.24) is 5.32 Å². The lowest BCUT2D eigenvalue weighted by atomic mass is 9.98. The predicted molar refractivity (Wildman–Crippen MR) is 87.7 cm³/mol. The summed E-state index contributed by atoms with van der Waals surface area (Å²) in [7, 11) is 1.73. The molecule has 0 bridgehead atoms. The van der Waals surface area contributed by atoms with Gasteiger partial charge in [0.15, 0.2) is 0 Å². The van der Waals surface area contributed by atoms with Crippen molar-refractivity contribution in [3.05, 3.63) is 53.6 Å². The van der Waals surface area contributed by atoms with Crippen molar-refractivity contribution in [2.45, 2.75) is 38.8 Å². The minimum Gasteiger partial charge on any atom is -0.497 e. The maximum Gasteiger partial charge on any atom is 0.119 e. The molecule has 0 aromatic heterocycles. The van der Waals surface area contributed by atoms with Gasteiger partial charge in [0, 0.05) is 12.6 Å². The van der Waals surface area contributed by atoms with E-state index in [9.17, 15) is 0 Å². The molecule has 2 heteroatoms. The molecule has 1 fully saturated rings. The highest BCUT2D eigenvalue weighted by Gasteiger charge is 2.20. The van der Waals surface area contributed by atoms with Gasteiger partial charge in [-0.15, -0.1) is 0 Å². The highest BCUT2D eigenvalue weighted by Crippen LogP contribution is 2.29. The van der Waals surface area contributed by atoms with Crippen molar-refractivity contribution in [3.63, 3.8) is 0 Å². The predicted octanol–water partition coefficient (Wildman–Crippen LogP) is 4.18. The van der Waals surface area contributed by atoms with Crippen molar-refractivity contribution < 1.29 is 4.74 Å². The largest absolute Gasteiger partial charge is 0.497 e. The molecule has 0 saturated heterocycles. The van der Waals surface area contributed by atoms with Gasteiger partial charge in [0.25, 0.3) is 0 Å². The summed E-state index contributed by atoms with van der Waals surface area (Å²) in [5, 5.41) is 3.60. The fraction of sp³-hybridized carbons (Fsp3) is 0.368. The molecule has 1 saturated carbocycles. The minimum atomic E-state index is 0.714. The van der Waals surface area contributed by atoms with Crippen molar-refractivity contribution >= 4 is 0 Å². The highest BCUT2D eigenvalue weighted by atomic mass is 16.5. The van der Waals surface area contributed by atoms with Crippen LogP contribution in [0.15, 0.2) is 42.5 Å². The molecule has 110 valence electrons. The number of hydrogen-bond donors (Lipinski definition) is 1. The number of benzene rings is 2. The molecule has 1 N–H and O–H groups in total. The van der Waals surface area contributed by atoms with Crippen LogP contribution in [0.25, 0.3) is 11.1 Å². The van der Waals surface area contributed by atoms with Gasteiger partial charge in [-0.05, 0) is 53.6 Å². The molecule has 0 heterocycles. The zero-order valence-electron chi connectivity index (χ0n) is 12.9. The molecule has 0 atom stereocenters. The van der Waals surface area contributed by atoms with Crippen LogP contribution >= 0.6 is 0 Å². The summed E-state index contributed by atoms with van der Waals surface area (Å²) in [6.45, 7) is 3.10. The fourth-order valence-corrected chi connectivity index (χ4v) is 2.59. The average Bonchev–Trinajstić information content (AvgIpc) is 3.37. The highest BCUT2D eigenvalue weighted by molar-refractivity contribution is 5.68. The maximum atomic E-state index is 5.38. The Kier molecular flexibility index (Phi) is 4.26. The summed E-state index contributed by atoms with van der Waals surface area (Å²) >= 11 is 0. The first-order valence-electron chi connectivity index (χ1n) is 7.79. The maximum absolute atomic E-state index is 5.38. The second kappa shape index (κ2) is 6.31. The lowest BCUT2D eigenvalue weighted by molar-refractivity contribution is 0.414. The van der Waals surface area contributed by atoms with E-state index >= 15 is 0 Å². The number of rotatable bonds is 6. The van der Waals surface area contributed by atoms with Crippen LogP contribution in [0.2, 0.25) is 0 Å². The molecule has 0 spiro atoms. The molecule has 2 aromatic rings. The van der Waals surface area contributed by atoms with E-state index in [1.54, 1.807) is 7.11 Å². The number of aryl methyl sites for hydroxylation is 1. The van der Waals surface area contributed by atoms with E-state index in [2.05, 4.69) is 48.6 Å². The molecule has 0 unspecified atom stereocenters. The molecule has 3 rings (SSSR count). The third kappa shape index (κ3) is 3.45. The van der Waals surface area contributed by atoms with Crippen LogP contribution in [0.4, 0.5) is 0 Å². The summed E-state index contributed by atoms with van der Waals surface area (Å²) in [4.78, 5) is 0. The van der Waals surface area contributed by atoms with Gasteiger partial charge in [0.1, 0.15) is 5.75 Å². The van der Waals surface area contributed by atoms with Gasteiger partial charge in [-0.2, -0.15) is 0 Å². The average molecular weight is 281 g/mol. The van der Waals surface area contributed by atoms with Gasteiger partial charge in [0.05, 0.1) is 7.11 Å². The van der Waals surface area contributed by atoms with Gasteiger partial charge in [-0.3, -0.25) is 0 Å². The molecule has 0 amide bonds. The van der Waals surface area contributed by atoms with Gasteiger partial charge < -0.3 is 10.1 Å². The van der Waals surface area contributed by atoms with Crippen LogP contribution in [-0.4, -0.2) is 13.2 Å². The second-order valence-electron chi connectivity index (χ2n) is 5.73. The Bertz CT molecular complexity index is 599. The van der Waals surface area contributed by atoms with E-state index < -0.39 is 0 Å². The van der Waals surface area contributed by atoms with Crippen molar-refractivity contribution in [1.29, 1.82) is 0 Å². The van der Waals surface area contributed by atoms with E-state index in [1.807, 2.05) is 6.07 Å². The number of ether oxygens (including phenoxy) is 1. The van der Waals surface area contributed by atoms with E-state index in [0.29, 0.717) is 6.04 Å². The number of hydrogen-bond acceptors (Lipinski definition) is 2. The van der Waals surface area contributed by atoms with Crippen molar-refractivity contribution in [2.24, 2.45) is 0 Å². The second-order valence-corrected chi connectivity index (χ2v) is 5.73. The van der Waals surface area contributed by atoms with E-state index in [4.69, 9.17) is 4.74 Å². The normalized spacial score (nSPS) is 14.2. The van der Waals surface area contributed by atoms with Gasteiger partial charge in [-0.1, -0.05) is 37.3 Å². The Morgan fingerprint density at radius 1 is 1.10 bits per heavy atom. The molecule has 0 radical (unpaired) electrons. The summed E-state index contributed by atoms with van der Waals surface area (Å²) in [6.07, 6.45) is 3.70. The van der Waals surface area contributed by atoms with Crippen LogP contribution < -0.4 is 10.1 Å². The summed E-state index contributed by atoms with van der Waals surface area (Å²) < 4.78 is 5.38. The van der Waals surface area contributed by atoms with Crippen LogP contribution in [0.3, 0.4) is 0 Å². The van der Waals surface area contributed by atoms with E-state index in [-0.39, 0.29) is 0 Å². The molecular weight excluding hydrogens is 258 g/mol. The van der Waals surface area contributed by atoms with Crippen molar-refractivity contribution in [3.8, 4) is 16.9 Å². The Labute approximate surface area is 127 Å². The summed E-state index contributed by atoms with van der Waals surface area (Å²) in [5.74, 6) is 0.927. The standard InChI is InChI=1S/C19H23NO/c1-3-14-4-6-15(7-5-14)19-11-10-18(21-2)12-16(19)13-20-17-8-9-17/h4-7,10-12,17,20H,3,8-9,13H2,1-2H3. The van der Waals surface area contributed by atoms with E-state index in [1.165, 1.54) is 35.1 Å². The molecule has 0 aliphatic heterocycles. The first-order valence-corrected chi connectivity index (χ1v) is 7.79. The molecule has 1 aliphatic rings. The number of nitrogens with one attached hydrogen (secondary N) is 1. The Hall–Kier alpha value is -1.80. The van der Waals surface area contributed by atoms with Crippen LogP contribution in [0.1, 0.15) is 30.9 Å². The molecular formula is C19H23NO. The summed E-state index contributed by atoms with van der Waals surface area (Å²) in [5.41, 5.74) is 5.27. The minimum absolute atomic E-state index is 0.714. The number of methoxy groups -OCH3 is 1. The van der Waals surface area contributed by atoms with Gasteiger partial charge in [0.2, 0.25) is 0 Å². The van der Waals surface area contributed by atoms with Crippen LogP contribution in [0.5, 0.6) is 5.75 Å². The SMILES string of the molecule is CCc1ccc(-c2ccc(OC)cc2CNC2CC2)cc1. The lowest BCUT2D eigenvalue weighted by Gasteiger charge is -2.13. The fourth-order valence-electron chi connectivity index (χ4n) is 2.59. The third-order valence-electron chi connectivity index (χ3n) is 4.14. The van der Waals surface area contributed by atoms with Crippen molar-refractivity contribution in [2.75, 3.05) is 7.11 Å². The van der Waals surface area contributed by atoms with Crippen LogP contribution in [-0.2, 0) is 13.0 Å². The molecule has 2 aromatic carbocycles. The smallest absolute Gasteiger partial charge is 0.119 e. The first kappa shape index (κ1) is 14.2. The van der Waals surface area contributed by atoms with Gasteiger partial charge in [-0.25, -0.2) is 0 Å². The Balaban J connectivity index is 1.90. The molecule has 1 aliphatic carbocycles. The zero-order chi connectivity index (χ0) is 14.7. The lowest BCUT2D eigenvalue weighted by Crippen LogP contribution is -2.16. The zero-order valence-corrected chi connectivity index (χ0v) is 12.9. The molecule has 2 nitrogen and oxygen atoms in total. The Morgan fingerprint density at radius 3 is 2.48 bits per heavy atom. The molecule has 21 heavy (non-hydrogen) atoms. The van der Waals surface area contributed by atoms with E-state index in [0.717, 1.165) is 18.7 Å². The Morgan fingerprint density at radius 2 is 1.86 bits per heavy atom. The topological polar surface area (TPSA) is 21.3 Å². The van der Waals surface area contributed by atoms with Crippen LogP contribution in [0, 0.1) is 0 Å². The third-order valence-corrected chi connectivity index (χ3v) is 4.14. The monoisotopic (exact) mass is 281 g/mol. The quantitative estimate of drug-likeness (QED) is 0.857.